The molecular formula is C10H14O4. The van der Waals surface area contributed by atoms with Crippen molar-refractivity contribution in [3.05, 3.63) is 0 Å². The molecule has 14 heavy (non-hydrogen) atoms. The Morgan fingerprint density at radius 3 is 1.93 bits per heavy atom. The van der Waals surface area contributed by atoms with Gasteiger partial charge in [0.25, 0.3) is 5.79 Å². The second-order valence-electron chi connectivity index (χ2n) is 4.40. The van der Waals surface area contributed by atoms with E-state index in [1.165, 1.54) is 0 Å². The van der Waals surface area contributed by atoms with Gasteiger partial charge < -0.3 is 9.47 Å². The zero-order chi connectivity index (χ0) is 10.3. The van der Waals surface area contributed by atoms with Crippen LogP contribution in [-0.4, -0.2) is 17.7 Å². The smallest absolute Gasteiger partial charge is 0.320 e. The quantitative estimate of drug-likeness (QED) is 0.434. The number of esters is 2. The molecule has 1 aliphatic heterocycles. The van der Waals surface area contributed by atoms with Crippen LogP contribution in [0, 0.1) is 11.8 Å². The Kier molecular flexibility index (Phi) is 2.01. The van der Waals surface area contributed by atoms with E-state index in [0.29, 0.717) is 24.7 Å². The van der Waals surface area contributed by atoms with Gasteiger partial charge in [-0.3, -0.25) is 9.59 Å². The number of hydrogen-bond acceptors (Lipinski definition) is 4. The van der Waals surface area contributed by atoms with Crippen molar-refractivity contribution in [1.29, 1.82) is 0 Å². The van der Waals surface area contributed by atoms with Crippen molar-refractivity contribution in [3.63, 3.8) is 0 Å². The Balaban J connectivity index is 2.16. The summed E-state index contributed by atoms with van der Waals surface area (Å²) in [5.41, 5.74) is 0. The predicted octanol–water partition coefficient (Wildman–Crippen LogP) is 1.24. The van der Waals surface area contributed by atoms with Gasteiger partial charge >= 0.3 is 11.9 Å². The average Bonchev–Trinajstić information content (AvgIpc) is 2.23. The fraction of sp³-hybridized carbons (Fsp3) is 0.800. The van der Waals surface area contributed by atoms with Crippen molar-refractivity contribution >= 4 is 11.9 Å². The van der Waals surface area contributed by atoms with E-state index in [9.17, 15) is 9.59 Å². The van der Waals surface area contributed by atoms with Gasteiger partial charge in [-0.15, -0.1) is 0 Å². The lowest BCUT2D eigenvalue weighted by Crippen LogP contribution is -2.43. The predicted molar refractivity (Wildman–Crippen MR) is 47.1 cm³/mol. The van der Waals surface area contributed by atoms with E-state index in [4.69, 9.17) is 9.47 Å². The molecule has 0 aromatic rings. The van der Waals surface area contributed by atoms with Crippen LogP contribution in [0.2, 0.25) is 0 Å². The summed E-state index contributed by atoms with van der Waals surface area (Å²) in [5.74, 6) is -1.00. The number of carbonyl (C=O) groups is 2. The Bertz CT molecular complexity index is 256. The van der Waals surface area contributed by atoms with Crippen LogP contribution in [0.3, 0.4) is 0 Å². The molecule has 2 atom stereocenters. The molecule has 0 amide bonds. The molecule has 2 rings (SSSR count). The second-order valence-corrected chi connectivity index (χ2v) is 4.40. The maximum Gasteiger partial charge on any atom is 0.320 e. The second kappa shape index (κ2) is 2.97. The van der Waals surface area contributed by atoms with Crippen LogP contribution in [0.25, 0.3) is 0 Å². The van der Waals surface area contributed by atoms with Crippen molar-refractivity contribution in [2.45, 2.75) is 38.9 Å². The molecule has 2 unspecified atom stereocenters. The van der Waals surface area contributed by atoms with E-state index in [-0.39, 0.29) is 6.42 Å². The number of rotatable bonds is 0. The maximum absolute atomic E-state index is 11.1. The molecule has 0 radical (unpaired) electrons. The third-order valence-electron chi connectivity index (χ3n) is 3.13. The van der Waals surface area contributed by atoms with Gasteiger partial charge in [0.1, 0.15) is 6.42 Å². The first-order chi connectivity index (χ1) is 6.51. The van der Waals surface area contributed by atoms with Gasteiger partial charge in [-0.25, -0.2) is 0 Å². The van der Waals surface area contributed by atoms with E-state index in [0.717, 1.165) is 0 Å². The molecule has 2 aliphatic rings. The molecule has 2 fully saturated rings. The van der Waals surface area contributed by atoms with Crippen LogP contribution < -0.4 is 0 Å². The molecule has 0 bridgehead atoms. The summed E-state index contributed by atoms with van der Waals surface area (Å²) in [6, 6.07) is 0. The summed E-state index contributed by atoms with van der Waals surface area (Å²) in [5, 5.41) is 0. The van der Waals surface area contributed by atoms with Gasteiger partial charge in [0, 0.05) is 12.8 Å². The van der Waals surface area contributed by atoms with Crippen molar-refractivity contribution in [2.75, 3.05) is 0 Å². The lowest BCUT2D eigenvalue weighted by molar-refractivity contribution is -0.242. The van der Waals surface area contributed by atoms with Crippen molar-refractivity contribution in [3.8, 4) is 0 Å². The van der Waals surface area contributed by atoms with Crippen LogP contribution in [0.1, 0.15) is 33.1 Å². The zero-order valence-corrected chi connectivity index (χ0v) is 8.41. The fourth-order valence-electron chi connectivity index (χ4n) is 2.26. The largest absolute Gasteiger partial charge is 0.422 e. The van der Waals surface area contributed by atoms with Crippen LogP contribution in [0.15, 0.2) is 0 Å². The van der Waals surface area contributed by atoms with E-state index in [2.05, 4.69) is 13.8 Å². The Morgan fingerprint density at radius 2 is 1.50 bits per heavy atom. The molecule has 1 saturated carbocycles. The molecule has 1 spiro atoms. The Morgan fingerprint density at radius 1 is 1.07 bits per heavy atom. The molecular weight excluding hydrogens is 184 g/mol. The highest BCUT2D eigenvalue weighted by Crippen LogP contribution is 2.43. The van der Waals surface area contributed by atoms with Gasteiger partial charge in [0.15, 0.2) is 0 Å². The summed E-state index contributed by atoms with van der Waals surface area (Å²) < 4.78 is 10.3. The first-order valence-corrected chi connectivity index (χ1v) is 4.94. The number of hydrogen-bond donors (Lipinski definition) is 0. The van der Waals surface area contributed by atoms with Gasteiger partial charge in [-0.05, 0) is 11.8 Å². The first-order valence-electron chi connectivity index (χ1n) is 4.94. The Hall–Kier alpha value is -1.06. The van der Waals surface area contributed by atoms with E-state index in [1.54, 1.807) is 0 Å². The van der Waals surface area contributed by atoms with E-state index < -0.39 is 17.7 Å². The standard InChI is InChI=1S/C10H14O4/c1-6-4-10(5-7(6)2)13-8(11)3-9(12)14-10/h6-7H,3-5H2,1-2H3. The van der Waals surface area contributed by atoms with Gasteiger partial charge in [-0.2, -0.15) is 0 Å². The molecule has 1 saturated heterocycles. The highest BCUT2D eigenvalue weighted by Gasteiger charge is 2.50. The average molecular weight is 198 g/mol. The third-order valence-corrected chi connectivity index (χ3v) is 3.13. The van der Waals surface area contributed by atoms with Crippen molar-refractivity contribution in [1.82, 2.24) is 0 Å². The highest BCUT2D eigenvalue weighted by atomic mass is 16.7. The van der Waals surface area contributed by atoms with Crippen molar-refractivity contribution < 1.29 is 19.1 Å². The molecule has 0 N–H and O–H groups in total. The molecule has 4 nitrogen and oxygen atoms in total. The normalized spacial score (nSPS) is 35.6. The van der Waals surface area contributed by atoms with Crippen LogP contribution in [0.5, 0.6) is 0 Å². The molecule has 0 aromatic carbocycles. The summed E-state index contributed by atoms with van der Waals surface area (Å²) in [6.45, 7) is 4.16. The number of ether oxygens (including phenoxy) is 2. The minimum absolute atomic E-state index is 0.246. The molecule has 1 heterocycles. The third kappa shape index (κ3) is 1.49. The van der Waals surface area contributed by atoms with Crippen LogP contribution >= 0.6 is 0 Å². The molecule has 0 aromatic heterocycles. The SMILES string of the molecule is CC1CC2(CC1C)OC(=O)CC(=O)O2. The zero-order valence-electron chi connectivity index (χ0n) is 8.41. The van der Waals surface area contributed by atoms with Gasteiger partial charge in [0.2, 0.25) is 0 Å². The molecule has 78 valence electrons. The molecule has 4 heteroatoms. The maximum atomic E-state index is 11.1. The fourth-order valence-corrected chi connectivity index (χ4v) is 2.26. The lowest BCUT2D eigenvalue weighted by Gasteiger charge is -2.32. The summed E-state index contributed by atoms with van der Waals surface area (Å²) in [4.78, 5) is 22.2. The first kappa shape index (κ1) is 9.49. The van der Waals surface area contributed by atoms with E-state index >= 15 is 0 Å². The van der Waals surface area contributed by atoms with Crippen LogP contribution in [-0.2, 0) is 19.1 Å². The summed E-state index contributed by atoms with van der Waals surface area (Å²) >= 11 is 0. The van der Waals surface area contributed by atoms with Crippen LogP contribution in [0.4, 0.5) is 0 Å². The van der Waals surface area contributed by atoms with Crippen molar-refractivity contribution in [2.24, 2.45) is 11.8 Å². The minimum atomic E-state index is -0.939. The Labute approximate surface area is 82.6 Å². The number of carbonyl (C=O) groups excluding carboxylic acids is 2. The topological polar surface area (TPSA) is 52.6 Å². The minimum Gasteiger partial charge on any atom is -0.422 e. The summed E-state index contributed by atoms with van der Waals surface area (Å²) in [7, 11) is 0. The lowest BCUT2D eigenvalue weighted by atomic mass is 10.0. The summed E-state index contributed by atoms with van der Waals surface area (Å²) in [6.07, 6.45) is 1.02. The van der Waals surface area contributed by atoms with Gasteiger partial charge in [-0.1, -0.05) is 13.8 Å². The monoisotopic (exact) mass is 198 g/mol. The van der Waals surface area contributed by atoms with Gasteiger partial charge in [0.05, 0.1) is 0 Å². The highest BCUT2D eigenvalue weighted by molar-refractivity contribution is 5.93. The molecule has 1 aliphatic carbocycles. The van der Waals surface area contributed by atoms with E-state index in [1.807, 2.05) is 0 Å².